The number of furan rings is 1. The summed E-state index contributed by atoms with van der Waals surface area (Å²) in [6.45, 7) is 4.34. The summed E-state index contributed by atoms with van der Waals surface area (Å²) in [5.74, 6) is 1.35. The van der Waals surface area contributed by atoms with Crippen LogP contribution in [0.2, 0.25) is 0 Å². The third kappa shape index (κ3) is 6.81. The minimum absolute atomic E-state index is 0.00539. The van der Waals surface area contributed by atoms with Crippen LogP contribution in [-0.4, -0.2) is 5.78 Å². The molecule has 2 unspecified atom stereocenters. The van der Waals surface area contributed by atoms with E-state index in [1.54, 1.807) is 6.26 Å². The quantitative estimate of drug-likeness (QED) is 0.126. The Hall–Kier alpha value is -4.12. The summed E-state index contributed by atoms with van der Waals surface area (Å²) >= 11 is 0. The standard InChI is InChI=1S/C42H41F3O2/c1-27(21-29-11-16-36(17-12-29)42(43,44)45)35-24-33-14-13-31(30-15-18-40-34(23-30)19-20-47-40)25-38(33)39(26-35)41(46)37-10-6-9-32(37)22-28-7-4-2-3-5-8-28/h11-20,23-26,28,32,37H,1-10,21-22H2. The van der Waals surface area contributed by atoms with Crippen LogP contribution in [0.4, 0.5) is 13.2 Å². The Labute approximate surface area is 274 Å². The highest BCUT2D eigenvalue weighted by molar-refractivity contribution is 6.11. The Morgan fingerprint density at radius 3 is 2.28 bits per heavy atom. The summed E-state index contributed by atoms with van der Waals surface area (Å²) in [5.41, 5.74) is 5.37. The summed E-state index contributed by atoms with van der Waals surface area (Å²) in [6.07, 6.45) is 9.80. The minimum atomic E-state index is -4.37. The Balaban J connectivity index is 1.24. The summed E-state index contributed by atoms with van der Waals surface area (Å²) in [6, 6.07) is 23.7. The Kier molecular flexibility index (Phi) is 8.83. The van der Waals surface area contributed by atoms with Gasteiger partial charge in [0.05, 0.1) is 11.8 Å². The van der Waals surface area contributed by atoms with Gasteiger partial charge < -0.3 is 4.42 Å². The first-order valence-electron chi connectivity index (χ1n) is 17.2. The van der Waals surface area contributed by atoms with Crippen molar-refractivity contribution in [2.24, 2.45) is 17.8 Å². The van der Waals surface area contributed by atoms with Gasteiger partial charge in [-0.2, -0.15) is 13.2 Å². The van der Waals surface area contributed by atoms with E-state index in [4.69, 9.17) is 4.42 Å². The van der Waals surface area contributed by atoms with Crippen molar-refractivity contribution in [1.29, 1.82) is 0 Å². The van der Waals surface area contributed by atoms with Crippen LogP contribution in [0.25, 0.3) is 38.4 Å². The van der Waals surface area contributed by atoms with Crippen LogP contribution < -0.4 is 0 Å². The predicted molar refractivity (Wildman–Crippen MR) is 184 cm³/mol. The molecule has 2 atom stereocenters. The molecule has 1 aromatic heterocycles. The topological polar surface area (TPSA) is 30.2 Å². The van der Waals surface area contributed by atoms with Crippen molar-refractivity contribution in [3.8, 4) is 11.1 Å². The van der Waals surface area contributed by atoms with Crippen molar-refractivity contribution in [1.82, 2.24) is 0 Å². The van der Waals surface area contributed by atoms with E-state index < -0.39 is 11.7 Å². The smallest absolute Gasteiger partial charge is 0.416 e. The second-order valence-corrected chi connectivity index (χ2v) is 13.9. The minimum Gasteiger partial charge on any atom is -0.464 e. The molecule has 0 bridgehead atoms. The van der Waals surface area contributed by atoms with Gasteiger partial charge in [0.1, 0.15) is 5.58 Å². The molecule has 0 amide bonds. The first kappa shape index (κ1) is 31.5. The van der Waals surface area contributed by atoms with E-state index in [0.29, 0.717) is 18.3 Å². The van der Waals surface area contributed by atoms with Crippen molar-refractivity contribution < 1.29 is 22.4 Å². The van der Waals surface area contributed by atoms with Crippen LogP contribution in [-0.2, 0) is 12.6 Å². The number of ketones is 1. The van der Waals surface area contributed by atoms with Gasteiger partial charge in [-0.25, -0.2) is 0 Å². The Morgan fingerprint density at radius 2 is 1.51 bits per heavy atom. The molecule has 0 N–H and O–H groups in total. The lowest BCUT2D eigenvalue weighted by molar-refractivity contribution is -0.137. The predicted octanol–water partition coefficient (Wildman–Crippen LogP) is 12.5. The molecule has 1 heterocycles. The van der Waals surface area contributed by atoms with Crippen LogP contribution in [0.15, 0.2) is 96.1 Å². The fourth-order valence-corrected chi connectivity index (χ4v) is 8.14. The molecular formula is C42H41F3O2. The van der Waals surface area contributed by atoms with E-state index in [9.17, 15) is 18.0 Å². The molecule has 0 aliphatic heterocycles. The summed E-state index contributed by atoms with van der Waals surface area (Å²) in [4.78, 5) is 14.7. The third-order valence-corrected chi connectivity index (χ3v) is 10.7. The first-order valence-corrected chi connectivity index (χ1v) is 17.2. The van der Waals surface area contributed by atoms with Gasteiger partial charge in [0.2, 0.25) is 0 Å². The molecule has 47 heavy (non-hydrogen) atoms. The average molecular weight is 635 g/mol. The number of fused-ring (bicyclic) bond motifs is 2. The molecule has 242 valence electrons. The molecule has 2 aliphatic rings. The molecule has 0 radical (unpaired) electrons. The molecule has 5 aromatic rings. The fourth-order valence-electron chi connectivity index (χ4n) is 8.14. The molecule has 0 saturated heterocycles. The maximum absolute atomic E-state index is 14.7. The zero-order valence-electron chi connectivity index (χ0n) is 26.8. The van der Waals surface area contributed by atoms with Crippen molar-refractivity contribution in [3.05, 3.63) is 114 Å². The molecule has 2 fully saturated rings. The number of carbonyl (C=O) groups is 1. The molecule has 2 nitrogen and oxygen atoms in total. The number of allylic oxidation sites excluding steroid dienone is 1. The van der Waals surface area contributed by atoms with Gasteiger partial charge in [-0.3, -0.25) is 4.79 Å². The average Bonchev–Trinajstić information content (AvgIpc) is 3.66. The largest absolute Gasteiger partial charge is 0.464 e. The van der Waals surface area contributed by atoms with Gasteiger partial charge in [0, 0.05) is 16.9 Å². The highest BCUT2D eigenvalue weighted by Crippen LogP contribution is 2.42. The molecular weight excluding hydrogens is 593 g/mol. The summed E-state index contributed by atoms with van der Waals surface area (Å²) < 4.78 is 45.0. The zero-order valence-corrected chi connectivity index (χ0v) is 26.8. The fraction of sp³-hybridized carbons (Fsp3) is 0.357. The van der Waals surface area contributed by atoms with Crippen molar-refractivity contribution in [3.63, 3.8) is 0 Å². The SMILES string of the molecule is C=C(Cc1ccc(C(F)(F)F)cc1)c1cc(C(=O)C2CCCC2CC2CCCCCC2)c2cc(-c3ccc4occc4c3)ccc2c1. The maximum Gasteiger partial charge on any atom is 0.416 e. The number of Topliss-reactive ketones (excluding diaryl/α,β-unsaturated/α-hetero) is 1. The Morgan fingerprint density at radius 1 is 0.766 bits per heavy atom. The highest BCUT2D eigenvalue weighted by atomic mass is 19.4. The molecule has 7 rings (SSSR count). The first-order chi connectivity index (χ1) is 22.7. The van der Waals surface area contributed by atoms with Crippen molar-refractivity contribution in [2.45, 2.75) is 76.8 Å². The monoisotopic (exact) mass is 634 g/mol. The zero-order chi connectivity index (χ0) is 32.5. The Bertz CT molecular complexity index is 1900. The number of hydrogen-bond donors (Lipinski definition) is 0. The molecule has 2 aliphatic carbocycles. The third-order valence-electron chi connectivity index (χ3n) is 10.7. The number of benzene rings is 4. The van der Waals surface area contributed by atoms with Crippen molar-refractivity contribution in [2.75, 3.05) is 0 Å². The van der Waals surface area contributed by atoms with Gasteiger partial charge >= 0.3 is 6.18 Å². The van der Waals surface area contributed by atoms with Gasteiger partial charge in [0.25, 0.3) is 0 Å². The van der Waals surface area contributed by atoms with E-state index in [1.165, 1.54) is 50.7 Å². The van der Waals surface area contributed by atoms with Gasteiger partial charge in [0.15, 0.2) is 5.78 Å². The number of alkyl halides is 3. The van der Waals surface area contributed by atoms with E-state index in [1.807, 2.05) is 18.2 Å². The second-order valence-electron chi connectivity index (χ2n) is 13.9. The second kappa shape index (κ2) is 13.2. The summed E-state index contributed by atoms with van der Waals surface area (Å²) in [7, 11) is 0. The number of hydrogen-bond acceptors (Lipinski definition) is 2. The van der Waals surface area contributed by atoms with Crippen LogP contribution in [0.1, 0.15) is 91.3 Å². The number of halogens is 3. The molecule has 0 spiro atoms. The number of rotatable bonds is 8. The number of carbonyl (C=O) groups excluding carboxylic acids is 1. The van der Waals surface area contributed by atoms with Crippen LogP contribution in [0.5, 0.6) is 0 Å². The van der Waals surface area contributed by atoms with E-state index in [0.717, 1.165) is 92.9 Å². The molecule has 4 aromatic carbocycles. The lowest BCUT2D eigenvalue weighted by Crippen LogP contribution is -2.22. The summed E-state index contributed by atoms with van der Waals surface area (Å²) in [5, 5.41) is 2.93. The van der Waals surface area contributed by atoms with Gasteiger partial charge in [-0.15, -0.1) is 0 Å². The van der Waals surface area contributed by atoms with E-state index in [-0.39, 0.29) is 11.7 Å². The van der Waals surface area contributed by atoms with Crippen LogP contribution in [0.3, 0.4) is 0 Å². The van der Waals surface area contributed by atoms with Gasteiger partial charge in [-0.1, -0.05) is 81.9 Å². The maximum atomic E-state index is 14.7. The molecule has 5 heteroatoms. The van der Waals surface area contributed by atoms with Crippen LogP contribution >= 0.6 is 0 Å². The normalized spacial score (nSPS) is 19.3. The lowest BCUT2D eigenvalue weighted by atomic mass is 9.79. The van der Waals surface area contributed by atoms with Crippen molar-refractivity contribution >= 4 is 33.1 Å². The molecule has 2 saturated carbocycles. The highest BCUT2D eigenvalue weighted by Gasteiger charge is 2.36. The van der Waals surface area contributed by atoms with E-state index >= 15 is 0 Å². The van der Waals surface area contributed by atoms with Gasteiger partial charge in [-0.05, 0) is 125 Å². The lowest BCUT2D eigenvalue weighted by Gasteiger charge is -2.24. The van der Waals surface area contributed by atoms with Crippen LogP contribution in [0, 0.1) is 17.8 Å². The van der Waals surface area contributed by atoms with E-state index in [2.05, 4.69) is 43.0 Å².